The fraction of sp³-hybridized carbons (Fsp3) is 0.300. The van der Waals surface area contributed by atoms with Gasteiger partial charge < -0.3 is 9.72 Å². The van der Waals surface area contributed by atoms with Crippen molar-refractivity contribution in [2.45, 2.75) is 34.6 Å². The van der Waals surface area contributed by atoms with Crippen LogP contribution in [0, 0.1) is 20.8 Å². The number of aromatic amines is 1. The summed E-state index contributed by atoms with van der Waals surface area (Å²) in [4.78, 5) is 32.3. The Morgan fingerprint density at radius 1 is 1.29 bits per heavy atom. The van der Waals surface area contributed by atoms with Gasteiger partial charge in [-0.05, 0) is 52.3 Å². The molecule has 8 heteroatoms. The van der Waals surface area contributed by atoms with Crippen LogP contribution in [0.4, 0.5) is 0 Å². The highest BCUT2D eigenvalue weighted by molar-refractivity contribution is 6.04. The number of nitrogens with zero attached hydrogens (tertiary/aromatic N) is 3. The Balaban J connectivity index is 1.87. The van der Waals surface area contributed by atoms with Gasteiger partial charge in [-0.2, -0.15) is 5.10 Å². The fourth-order valence-corrected chi connectivity index (χ4v) is 3.25. The predicted octanol–water partition coefficient (Wildman–Crippen LogP) is 2.92. The number of H-pyrrole nitrogens is 1. The van der Waals surface area contributed by atoms with Gasteiger partial charge in [0.1, 0.15) is 11.3 Å². The largest absolute Gasteiger partial charge is 0.462 e. The molecule has 0 atom stereocenters. The predicted molar refractivity (Wildman–Crippen MR) is 106 cm³/mol. The van der Waals surface area contributed by atoms with E-state index in [4.69, 9.17) is 4.74 Å². The third-order valence-corrected chi connectivity index (χ3v) is 4.52. The first-order valence-corrected chi connectivity index (χ1v) is 9.00. The van der Waals surface area contributed by atoms with E-state index in [9.17, 15) is 9.59 Å². The molecule has 3 heterocycles. The molecule has 0 saturated heterocycles. The van der Waals surface area contributed by atoms with Gasteiger partial charge in [0.05, 0.1) is 29.3 Å². The normalized spacial score (nSPS) is 11.7. The highest BCUT2D eigenvalue weighted by atomic mass is 16.5. The zero-order valence-corrected chi connectivity index (χ0v) is 16.6. The van der Waals surface area contributed by atoms with Crippen LogP contribution in [0.3, 0.4) is 0 Å². The average molecular weight is 381 g/mol. The molecular formula is C20H23N5O3. The molecule has 0 aromatic carbocycles. The molecule has 3 aromatic heterocycles. The quantitative estimate of drug-likeness (QED) is 0.403. The second-order valence-corrected chi connectivity index (χ2v) is 6.46. The number of aromatic nitrogens is 3. The van der Waals surface area contributed by atoms with Gasteiger partial charge in [0.2, 0.25) is 0 Å². The van der Waals surface area contributed by atoms with E-state index in [0.717, 1.165) is 5.56 Å². The second kappa shape index (κ2) is 7.67. The van der Waals surface area contributed by atoms with Crippen molar-refractivity contribution in [3.8, 4) is 0 Å². The molecule has 0 aliphatic rings. The molecule has 0 bridgehead atoms. The van der Waals surface area contributed by atoms with Gasteiger partial charge in [0.25, 0.3) is 5.91 Å². The lowest BCUT2D eigenvalue weighted by Gasteiger charge is -2.04. The van der Waals surface area contributed by atoms with Crippen LogP contribution in [0.2, 0.25) is 0 Å². The van der Waals surface area contributed by atoms with Crippen LogP contribution in [0.25, 0.3) is 5.65 Å². The van der Waals surface area contributed by atoms with Gasteiger partial charge in [-0.1, -0.05) is 6.07 Å². The first kappa shape index (κ1) is 19.3. The van der Waals surface area contributed by atoms with Crippen LogP contribution in [-0.4, -0.2) is 38.6 Å². The molecule has 0 spiro atoms. The topological polar surface area (TPSA) is 101 Å². The number of pyridine rings is 1. The molecule has 2 N–H and O–H groups in total. The summed E-state index contributed by atoms with van der Waals surface area (Å²) < 4.78 is 6.83. The molecule has 0 radical (unpaired) electrons. The minimum absolute atomic E-state index is 0.306. The third kappa shape index (κ3) is 3.40. The maximum Gasteiger partial charge on any atom is 0.340 e. The van der Waals surface area contributed by atoms with E-state index in [2.05, 4.69) is 20.5 Å². The number of hydrogen-bond donors (Lipinski definition) is 2. The molecule has 3 rings (SSSR count). The summed E-state index contributed by atoms with van der Waals surface area (Å²) in [6.07, 6.45) is 1.78. The van der Waals surface area contributed by atoms with E-state index >= 15 is 0 Å². The summed E-state index contributed by atoms with van der Waals surface area (Å²) in [5.74, 6) is -0.736. The first-order chi connectivity index (χ1) is 13.3. The van der Waals surface area contributed by atoms with Gasteiger partial charge in [-0.25, -0.2) is 15.2 Å². The van der Waals surface area contributed by atoms with Crippen molar-refractivity contribution in [1.29, 1.82) is 0 Å². The Bertz CT molecular complexity index is 1090. The van der Waals surface area contributed by atoms with Crippen molar-refractivity contribution < 1.29 is 14.3 Å². The second-order valence-electron chi connectivity index (χ2n) is 6.46. The highest BCUT2D eigenvalue weighted by Crippen LogP contribution is 2.20. The number of ether oxygens (including phenoxy) is 1. The summed E-state index contributed by atoms with van der Waals surface area (Å²) >= 11 is 0. The third-order valence-electron chi connectivity index (χ3n) is 4.52. The van der Waals surface area contributed by atoms with Crippen LogP contribution in [-0.2, 0) is 4.74 Å². The van der Waals surface area contributed by atoms with Gasteiger partial charge in [0.15, 0.2) is 0 Å². The molecule has 0 unspecified atom stereocenters. The van der Waals surface area contributed by atoms with Gasteiger partial charge >= 0.3 is 5.97 Å². The number of hydrogen-bond acceptors (Lipinski definition) is 5. The molecule has 0 saturated carbocycles. The summed E-state index contributed by atoms with van der Waals surface area (Å²) in [7, 11) is 0. The maximum absolute atomic E-state index is 12.7. The highest BCUT2D eigenvalue weighted by Gasteiger charge is 2.21. The lowest BCUT2D eigenvalue weighted by Crippen LogP contribution is -2.22. The number of esters is 1. The Labute approximate surface area is 162 Å². The Morgan fingerprint density at radius 2 is 2.04 bits per heavy atom. The zero-order valence-electron chi connectivity index (χ0n) is 16.6. The number of amides is 1. The number of carbonyl (C=O) groups is 2. The molecular weight excluding hydrogens is 358 g/mol. The number of nitrogens with one attached hydrogen (secondary N) is 2. The SMILES string of the molecule is CCOC(=O)c1c(C)[nH]c(/C(C)=N/NC(=O)c2c(C)nc3ccccn23)c1C. The van der Waals surface area contributed by atoms with E-state index in [1.165, 1.54) is 0 Å². The van der Waals surface area contributed by atoms with Crippen molar-refractivity contribution >= 4 is 23.2 Å². The minimum Gasteiger partial charge on any atom is -0.462 e. The van der Waals surface area contributed by atoms with E-state index in [1.807, 2.05) is 25.1 Å². The van der Waals surface area contributed by atoms with Gasteiger partial charge in [-0.3, -0.25) is 9.20 Å². The van der Waals surface area contributed by atoms with Crippen molar-refractivity contribution in [1.82, 2.24) is 19.8 Å². The summed E-state index contributed by atoms with van der Waals surface area (Å²) in [5.41, 5.74) is 7.48. The van der Waals surface area contributed by atoms with Crippen molar-refractivity contribution in [3.63, 3.8) is 0 Å². The Kier molecular flexibility index (Phi) is 5.30. The summed E-state index contributed by atoms with van der Waals surface area (Å²) in [5, 5.41) is 4.21. The minimum atomic E-state index is -0.377. The molecule has 3 aromatic rings. The van der Waals surface area contributed by atoms with Crippen molar-refractivity contribution in [2.75, 3.05) is 6.61 Å². The summed E-state index contributed by atoms with van der Waals surface area (Å²) in [6, 6.07) is 5.53. The smallest absolute Gasteiger partial charge is 0.340 e. The Hall–Kier alpha value is -3.42. The molecule has 0 aliphatic heterocycles. The lowest BCUT2D eigenvalue weighted by atomic mass is 10.1. The molecule has 0 aliphatic carbocycles. The molecule has 146 valence electrons. The van der Waals surface area contributed by atoms with Crippen LogP contribution < -0.4 is 5.43 Å². The first-order valence-electron chi connectivity index (χ1n) is 9.00. The number of rotatable bonds is 5. The van der Waals surface area contributed by atoms with Gasteiger partial charge in [-0.15, -0.1) is 0 Å². The van der Waals surface area contributed by atoms with E-state index in [0.29, 0.717) is 46.3 Å². The van der Waals surface area contributed by atoms with Crippen molar-refractivity contribution in [3.05, 3.63) is 58.3 Å². The molecule has 0 fully saturated rings. The van der Waals surface area contributed by atoms with Crippen LogP contribution in [0.5, 0.6) is 0 Å². The lowest BCUT2D eigenvalue weighted by molar-refractivity contribution is 0.0525. The average Bonchev–Trinajstić information content (AvgIpc) is 3.15. The van der Waals surface area contributed by atoms with Crippen LogP contribution in [0.1, 0.15) is 57.3 Å². The van der Waals surface area contributed by atoms with Crippen molar-refractivity contribution in [2.24, 2.45) is 5.10 Å². The number of aryl methyl sites for hydroxylation is 2. The molecule has 8 nitrogen and oxygen atoms in total. The number of imidazole rings is 1. The van der Waals surface area contributed by atoms with Crippen LogP contribution in [0.15, 0.2) is 29.5 Å². The standard InChI is InChI=1S/C20H23N5O3/c1-6-28-20(27)16-11(2)17(22-12(16)3)13(4)23-24-19(26)18-14(5)21-15-9-7-8-10-25(15)18/h7-10,22H,6H2,1-5H3,(H,24,26)/b23-13+. The summed E-state index contributed by atoms with van der Waals surface area (Å²) in [6.45, 7) is 9.23. The zero-order chi connectivity index (χ0) is 20.4. The maximum atomic E-state index is 12.7. The van der Waals surface area contributed by atoms with Crippen LogP contribution >= 0.6 is 0 Å². The van der Waals surface area contributed by atoms with E-state index in [-0.39, 0.29) is 11.9 Å². The molecule has 28 heavy (non-hydrogen) atoms. The number of fused-ring (bicyclic) bond motifs is 1. The monoisotopic (exact) mass is 381 g/mol. The molecule has 1 amide bonds. The number of hydrazone groups is 1. The van der Waals surface area contributed by atoms with E-state index in [1.54, 1.807) is 38.3 Å². The van der Waals surface area contributed by atoms with E-state index < -0.39 is 0 Å². The van der Waals surface area contributed by atoms with Gasteiger partial charge in [0, 0.05) is 11.9 Å². The number of carbonyl (C=O) groups excluding carboxylic acids is 2. The Morgan fingerprint density at radius 3 is 2.75 bits per heavy atom. The fourth-order valence-electron chi connectivity index (χ4n) is 3.25.